The van der Waals surface area contributed by atoms with Gasteiger partial charge in [-0.25, -0.2) is 13.1 Å². The highest BCUT2D eigenvalue weighted by Gasteiger charge is 2.07. The molecule has 2 N–H and O–H groups in total. The molecule has 1 rings (SSSR count). The summed E-state index contributed by atoms with van der Waals surface area (Å²) in [6, 6.07) is 3.13. The number of hydrogen-bond acceptors (Lipinski definition) is 4. The maximum absolute atomic E-state index is 11.2. The van der Waals surface area contributed by atoms with E-state index in [-0.39, 0.29) is 24.8 Å². The smallest absolute Gasteiger partial charge is 0.287 e. The van der Waals surface area contributed by atoms with Crippen LogP contribution in [0.5, 0.6) is 0 Å². The zero-order chi connectivity index (χ0) is 11.3. The van der Waals surface area contributed by atoms with E-state index in [0.717, 1.165) is 6.26 Å². The monoisotopic (exact) mass is 232 g/mol. The second-order valence-corrected chi connectivity index (χ2v) is 4.73. The quantitative estimate of drug-likeness (QED) is 0.673. The van der Waals surface area contributed by atoms with Crippen molar-refractivity contribution >= 4 is 15.9 Å². The molecule has 0 unspecified atom stereocenters. The molecular formula is C8H12N2O4S. The zero-order valence-corrected chi connectivity index (χ0v) is 9.00. The molecule has 0 fully saturated rings. The van der Waals surface area contributed by atoms with Crippen molar-refractivity contribution in [1.29, 1.82) is 0 Å². The first kappa shape index (κ1) is 11.7. The summed E-state index contributed by atoms with van der Waals surface area (Å²) in [5.41, 5.74) is 0. The molecule has 0 radical (unpaired) electrons. The molecule has 0 aliphatic carbocycles. The number of carbonyl (C=O) groups is 1. The average Bonchev–Trinajstić information content (AvgIpc) is 2.63. The van der Waals surface area contributed by atoms with Gasteiger partial charge >= 0.3 is 0 Å². The SMILES string of the molecule is CS(=O)(=O)NCCNC(=O)c1ccco1. The van der Waals surface area contributed by atoms with Crippen LogP contribution in [-0.2, 0) is 10.0 Å². The van der Waals surface area contributed by atoms with Crippen LogP contribution < -0.4 is 10.0 Å². The number of sulfonamides is 1. The van der Waals surface area contributed by atoms with Gasteiger partial charge in [0.1, 0.15) is 0 Å². The molecule has 0 atom stereocenters. The second kappa shape index (κ2) is 4.94. The van der Waals surface area contributed by atoms with E-state index in [1.807, 2.05) is 0 Å². The second-order valence-electron chi connectivity index (χ2n) is 2.90. The summed E-state index contributed by atoms with van der Waals surface area (Å²) in [4.78, 5) is 11.2. The van der Waals surface area contributed by atoms with Crippen LogP contribution in [0.15, 0.2) is 22.8 Å². The molecule has 1 aromatic rings. The Labute approximate surface area is 87.7 Å². The van der Waals surface area contributed by atoms with Crippen LogP contribution in [0.4, 0.5) is 0 Å². The van der Waals surface area contributed by atoms with Gasteiger partial charge in [0, 0.05) is 13.1 Å². The lowest BCUT2D eigenvalue weighted by Crippen LogP contribution is -2.34. The van der Waals surface area contributed by atoms with Gasteiger partial charge in [0.2, 0.25) is 10.0 Å². The summed E-state index contributed by atoms with van der Waals surface area (Å²) < 4.78 is 28.4. The Morgan fingerprint density at radius 3 is 2.73 bits per heavy atom. The van der Waals surface area contributed by atoms with Crippen molar-refractivity contribution in [2.45, 2.75) is 0 Å². The molecule has 6 nitrogen and oxygen atoms in total. The highest BCUT2D eigenvalue weighted by molar-refractivity contribution is 7.88. The minimum absolute atomic E-state index is 0.158. The molecule has 0 aliphatic heterocycles. The molecule has 15 heavy (non-hydrogen) atoms. The molecule has 84 valence electrons. The third-order valence-corrected chi connectivity index (χ3v) is 2.25. The van der Waals surface area contributed by atoms with E-state index in [0.29, 0.717) is 0 Å². The Balaban J connectivity index is 2.24. The molecule has 1 heterocycles. The Kier molecular flexibility index (Phi) is 3.87. The van der Waals surface area contributed by atoms with Gasteiger partial charge in [-0.2, -0.15) is 0 Å². The fourth-order valence-corrected chi connectivity index (χ4v) is 1.38. The van der Waals surface area contributed by atoms with Crippen LogP contribution in [0.2, 0.25) is 0 Å². The molecule has 0 aliphatic rings. The zero-order valence-electron chi connectivity index (χ0n) is 8.19. The van der Waals surface area contributed by atoms with Crippen molar-refractivity contribution < 1.29 is 17.6 Å². The molecule has 0 saturated heterocycles. The van der Waals surface area contributed by atoms with Gasteiger partial charge in [0.15, 0.2) is 5.76 Å². The van der Waals surface area contributed by atoms with E-state index in [4.69, 9.17) is 4.42 Å². The van der Waals surface area contributed by atoms with Crippen LogP contribution in [0.1, 0.15) is 10.6 Å². The lowest BCUT2D eigenvalue weighted by atomic mass is 10.4. The first-order chi connectivity index (χ1) is 6.99. The highest BCUT2D eigenvalue weighted by Crippen LogP contribution is 1.98. The molecule has 0 aromatic carbocycles. The number of furan rings is 1. The minimum Gasteiger partial charge on any atom is -0.459 e. The minimum atomic E-state index is -3.20. The van der Waals surface area contributed by atoms with Gasteiger partial charge in [-0.1, -0.05) is 0 Å². The third-order valence-electron chi connectivity index (χ3n) is 1.52. The van der Waals surface area contributed by atoms with E-state index in [1.165, 1.54) is 12.3 Å². The number of nitrogens with one attached hydrogen (secondary N) is 2. The molecule has 1 aromatic heterocycles. The number of carbonyl (C=O) groups excluding carboxylic acids is 1. The first-order valence-electron chi connectivity index (χ1n) is 4.25. The van der Waals surface area contributed by atoms with Crippen LogP contribution in [0, 0.1) is 0 Å². The van der Waals surface area contributed by atoms with Gasteiger partial charge < -0.3 is 9.73 Å². The summed E-state index contributed by atoms with van der Waals surface area (Å²) >= 11 is 0. The van der Waals surface area contributed by atoms with Gasteiger partial charge in [-0.05, 0) is 12.1 Å². The van der Waals surface area contributed by atoms with Crippen LogP contribution >= 0.6 is 0 Å². The Morgan fingerprint density at radius 2 is 2.20 bits per heavy atom. The predicted molar refractivity (Wildman–Crippen MR) is 53.9 cm³/mol. The standard InChI is InChI=1S/C8H12N2O4S/c1-15(12,13)10-5-4-9-8(11)7-3-2-6-14-7/h2-3,6,10H,4-5H2,1H3,(H,9,11). The number of rotatable bonds is 5. The molecule has 0 bridgehead atoms. The summed E-state index contributed by atoms with van der Waals surface area (Å²) in [7, 11) is -3.20. The Bertz CT molecular complexity index is 410. The summed E-state index contributed by atoms with van der Waals surface area (Å²) in [6.45, 7) is 0.373. The number of amides is 1. The molecule has 7 heteroatoms. The lowest BCUT2D eigenvalue weighted by molar-refractivity contribution is 0.0926. The van der Waals surface area contributed by atoms with Crippen molar-refractivity contribution in [2.75, 3.05) is 19.3 Å². The van der Waals surface area contributed by atoms with Crippen molar-refractivity contribution in [3.05, 3.63) is 24.2 Å². The fraction of sp³-hybridized carbons (Fsp3) is 0.375. The van der Waals surface area contributed by atoms with Crippen LogP contribution in [0.3, 0.4) is 0 Å². The van der Waals surface area contributed by atoms with Crippen molar-refractivity contribution in [1.82, 2.24) is 10.0 Å². The van der Waals surface area contributed by atoms with Crippen LogP contribution in [-0.4, -0.2) is 33.7 Å². The van der Waals surface area contributed by atoms with E-state index in [2.05, 4.69) is 10.0 Å². The predicted octanol–water partition coefficient (Wildman–Crippen LogP) is -0.441. The molecular weight excluding hydrogens is 220 g/mol. The summed E-state index contributed by atoms with van der Waals surface area (Å²) in [6.07, 6.45) is 2.45. The van der Waals surface area contributed by atoms with E-state index in [9.17, 15) is 13.2 Å². The first-order valence-corrected chi connectivity index (χ1v) is 6.14. The van der Waals surface area contributed by atoms with Crippen molar-refractivity contribution in [3.8, 4) is 0 Å². The van der Waals surface area contributed by atoms with Crippen molar-refractivity contribution in [2.24, 2.45) is 0 Å². The Hall–Kier alpha value is -1.34. The summed E-state index contributed by atoms with van der Waals surface area (Å²) in [5.74, 6) is -0.162. The molecule has 0 saturated carbocycles. The van der Waals surface area contributed by atoms with E-state index in [1.54, 1.807) is 6.07 Å². The maximum atomic E-state index is 11.2. The topological polar surface area (TPSA) is 88.4 Å². The third kappa shape index (κ3) is 4.61. The van der Waals surface area contributed by atoms with E-state index >= 15 is 0 Å². The van der Waals surface area contributed by atoms with Gasteiger partial charge in [0.05, 0.1) is 12.5 Å². The van der Waals surface area contributed by atoms with Crippen LogP contribution in [0.25, 0.3) is 0 Å². The number of hydrogen-bond donors (Lipinski definition) is 2. The van der Waals surface area contributed by atoms with Crippen molar-refractivity contribution in [3.63, 3.8) is 0 Å². The van der Waals surface area contributed by atoms with Gasteiger partial charge in [-0.3, -0.25) is 4.79 Å². The lowest BCUT2D eigenvalue weighted by Gasteiger charge is -2.03. The largest absolute Gasteiger partial charge is 0.459 e. The van der Waals surface area contributed by atoms with Gasteiger partial charge in [0.25, 0.3) is 5.91 Å². The normalized spacial score (nSPS) is 11.3. The average molecular weight is 232 g/mol. The Morgan fingerprint density at radius 1 is 1.47 bits per heavy atom. The van der Waals surface area contributed by atoms with Gasteiger partial charge in [-0.15, -0.1) is 0 Å². The highest BCUT2D eigenvalue weighted by atomic mass is 32.2. The fourth-order valence-electron chi connectivity index (χ4n) is 0.907. The molecule has 0 spiro atoms. The van der Waals surface area contributed by atoms with E-state index < -0.39 is 10.0 Å². The summed E-state index contributed by atoms with van der Waals surface area (Å²) in [5, 5.41) is 2.50. The molecule has 1 amide bonds. The maximum Gasteiger partial charge on any atom is 0.287 e.